The van der Waals surface area contributed by atoms with E-state index in [9.17, 15) is 9.59 Å². The summed E-state index contributed by atoms with van der Waals surface area (Å²) in [6.07, 6.45) is 1.70. The van der Waals surface area contributed by atoms with Crippen molar-refractivity contribution in [3.8, 4) is 11.3 Å². The van der Waals surface area contributed by atoms with Crippen molar-refractivity contribution in [3.63, 3.8) is 0 Å². The molecule has 5 aromatic rings. The molecule has 0 N–H and O–H groups in total. The number of furan rings is 1. The first-order valence-corrected chi connectivity index (χ1v) is 12.8. The first kappa shape index (κ1) is 23.2. The van der Waals surface area contributed by atoms with Gasteiger partial charge in [0.15, 0.2) is 17.1 Å². The van der Waals surface area contributed by atoms with Crippen LogP contribution in [0.1, 0.15) is 77.1 Å². The number of rotatable bonds is 4. The van der Waals surface area contributed by atoms with Crippen LogP contribution in [0.15, 0.2) is 76.7 Å². The maximum atomic E-state index is 13.2. The summed E-state index contributed by atoms with van der Waals surface area (Å²) >= 11 is 0. The number of hydrogen-bond donors (Lipinski definition) is 0. The minimum absolute atomic E-state index is 0.195. The van der Waals surface area contributed by atoms with Gasteiger partial charge in [-0.3, -0.25) is 9.59 Å². The van der Waals surface area contributed by atoms with Crippen molar-refractivity contribution < 1.29 is 14.0 Å². The minimum Gasteiger partial charge on any atom is -0.454 e. The third-order valence-corrected chi connectivity index (χ3v) is 7.54. The van der Waals surface area contributed by atoms with E-state index in [4.69, 9.17) is 4.42 Å². The van der Waals surface area contributed by atoms with Gasteiger partial charge in [0.2, 0.25) is 0 Å². The molecule has 0 aliphatic heterocycles. The highest BCUT2D eigenvalue weighted by atomic mass is 16.3. The molecule has 0 saturated heterocycles. The fourth-order valence-electron chi connectivity index (χ4n) is 5.52. The van der Waals surface area contributed by atoms with Crippen molar-refractivity contribution >= 4 is 39.5 Å². The number of allylic oxidation sites excluding steroid dienone is 1. The Morgan fingerprint density at radius 2 is 1.32 bits per heavy atom. The summed E-state index contributed by atoms with van der Waals surface area (Å²) in [4.78, 5) is 26.5. The molecule has 4 nitrogen and oxygen atoms in total. The van der Waals surface area contributed by atoms with Crippen LogP contribution in [0.2, 0.25) is 0 Å². The molecule has 3 aromatic carbocycles. The third kappa shape index (κ3) is 3.59. The molecule has 1 aliphatic carbocycles. The lowest BCUT2D eigenvalue weighted by molar-refractivity contribution is 0.0990. The number of fused-ring (bicyclic) bond motifs is 3. The van der Waals surface area contributed by atoms with Crippen molar-refractivity contribution in [2.75, 3.05) is 0 Å². The lowest BCUT2D eigenvalue weighted by Gasteiger charge is -2.18. The molecular formula is C33H29NO3. The van der Waals surface area contributed by atoms with E-state index in [0.717, 1.165) is 38.9 Å². The van der Waals surface area contributed by atoms with E-state index in [1.54, 1.807) is 6.08 Å². The molecule has 4 heteroatoms. The maximum Gasteiger partial charge on any atom is 0.197 e. The topological polar surface area (TPSA) is 52.2 Å². The lowest BCUT2D eigenvalue weighted by Crippen LogP contribution is -2.02. The fourth-order valence-corrected chi connectivity index (χ4v) is 5.52. The smallest absolute Gasteiger partial charge is 0.197 e. The molecule has 1 aliphatic rings. The summed E-state index contributed by atoms with van der Waals surface area (Å²) in [5.74, 6) is 1.12. The van der Waals surface area contributed by atoms with Crippen LogP contribution in [0.3, 0.4) is 0 Å². The predicted octanol–water partition coefficient (Wildman–Crippen LogP) is 8.30. The van der Waals surface area contributed by atoms with Gasteiger partial charge in [0.25, 0.3) is 0 Å². The van der Waals surface area contributed by atoms with Gasteiger partial charge in [-0.1, -0.05) is 70.2 Å². The van der Waals surface area contributed by atoms with Gasteiger partial charge in [0.1, 0.15) is 5.76 Å². The number of aromatic nitrogens is 1. The molecule has 0 bridgehead atoms. The van der Waals surface area contributed by atoms with Gasteiger partial charge in [0, 0.05) is 41.6 Å². The minimum atomic E-state index is -0.225. The quantitative estimate of drug-likeness (QED) is 0.189. The summed E-state index contributed by atoms with van der Waals surface area (Å²) in [5.41, 5.74) is 7.25. The van der Waals surface area contributed by atoms with Gasteiger partial charge in [0.05, 0.1) is 11.1 Å². The van der Waals surface area contributed by atoms with Gasteiger partial charge >= 0.3 is 0 Å². The molecule has 0 fully saturated rings. The van der Waals surface area contributed by atoms with Crippen molar-refractivity contribution in [2.45, 2.75) is 39.5 Å². The van der Waals surface area contributed by atoms with E-state index < -0.39 is 0 Å². The number of carbonyl (C=O) groups is 2. The van der Waals surface area contributed by atoms with Crippen LogP contribution in [-0.2, 0) is 7.05 Å². The van der Waals surface area contributed by atoms with Gasteiger partial charge < -0.3 is 8.98 Å². The highest BCUT2D eigenvalue weighted by Gasteiger charge is 2.34. The Hall–Kier alpha value is -4.18. The van der Waals surface area contributed by atoms with Gasteiger partial charge in [-0.05, 0) is 51.9 Å². The first-order chi connectivity index (χ1) is 17.7. The second kappa shape index (κ2) is 8.45. The van der Waals surface area contributed by atoms with Crippen molar-refractivity contribution in [2.24, 2.45) is 7.05 Å². The van der Waals surface area contributed by atoms with Crippen LogP contribution < -0.4 is 0 Å². The zero-order chi connectivity index (χ0) is 26.0. The van der Waals surface area contributed by atoms with Crippen LogP contribution in [-0.4, -0.2) is 16.1 Å². The molecule has 0 unspecified atom stereocenters. The molecule has 184 valence electrons. The van der Waals surface area contributed by atoms with Crippen LogP contribution >= 0.6 is 0 Å². The maximum absolute atomic E-state index is 13.2. The number of ketones is 2. The molecule has 37 heavy (non-hydrogen) atoms. The van der Waals surface area contributed by atoms with Crippen LogP contribution in [0.25, 0.3) is 39.3 Å². The summed E-state index contributed by atoms with van der Waals surface area (Å²) in [7, 11) is 1.94. The monoisotopic (exact) mass is 487 g/mol. The normalized spacial score (nSPS) is 13.5. The highest BCUT2D eigenvalue weighted by Crippen LogP contribution is 2.40. The van der Waals surface area contributed by atoms with E-state index in [2.05, 4.69) is 52.0 Å². The summed E-state index contributed by atoms with van der Waals surface area (Å²) in [6.45, 7) is 8.80. The SMILES string of the molecule is CC(C)c1cccc(C(C)C)c1-c1cc2c(cc(C=C3C(=O)c4cc5ccccc5cc4C3=O)n2C)o1. The first-order valence-electron chi connectivity index (χ1n) is 12.8. The van der Waals surface area contributed by atoms with Crippen molar-refractivity contribution in [3.05, 3.63) is 100 Å². The Balaban J connectivity index is 1.43. The van der Waals surface area contributed by atoms with Gasteiger partial charge in [-0.2, -0.15) is 0 Å². The van der Waals surface area contributed by atoms with Crippen LogP contribution in [0, 0.1) is 0 Å². The molecule has 2 heterocycles. The molecule has 0 amide bonds. The lowest BCUT2D eigenvalue weighted by atomic mass is 9.87. The predicted molar refractivity (Wildman–Crippen MR) is 149 cm³/mol. The van der Waals surface area contributed by atoms with Crippen LogP contribution in [0.5, 0.6) is 0 Å². The second-order valence-electron chi connectivity index (χ2n) is 10.6. The number of hydrogen-bond acceptors (Lipinski definition) is 3. The largest absolute Gasteiger partial charge is 0.454 e. The van der Waals surface area contributed by atoms with Crippen molar-refractivity contribution in [1.82, 2.24) is 4.57 Å². The molecular weight excluding hydrogens is 458 g/mol. The van der Waals surface area contributed by atoms with E-state index >= 15 is 0 Å². The van der Waals surface area contributed by atoms with E-state index in [1.165, 1.54) is 11.1 Å². The molecule has 6 rings (SSSR count). The Kier molecular flexibility index (Phi) is 5.30. The second-order valence-corrected chi connectivity index (χ2v) is 10.6. The zero-order valence-electron chi connectivity index (χ0n) is 21.8. The Morgan fingerprint density at radius 3 is 1.84 bits per heavy atom. The van der Waals surface area contributed by atoms with Crippen molar-refractivity contribution in [1.29, 1.82) is 0 Å². The standard InChI is InChI=1S/C33H29NO3/c1-18(2)23-11-8-12-24(19(3)4)31(23)30-17-28-29(37-30)16-22(34(28)5)15-27-32(35)25-13-20-9-6-7-10-21(20)14-26(25)33(27)36/h6-19H,1-5H3. The summed E-state index contributed by atoms with van der Waals surface area (Å²) in [5, 5.41) is 1.91. The van der Waals surface area contributed by atoms with Crippen LogP contribution in [0.4, 0.5) is 0 Å². The zero-order valence-corrected chi connectivity index (χ0v) is 21.8. The highest BCUT2D eigenvalue weighted by molar-refractivity contribution is 6.42. The molecule has 0 radical (unpaired) electrons. The summed E-state index contributed by atoms with van der Waals surface area (Å²) in [6, 6.07) is 21.9. The average Bonchev–Trinajstić information content (AvgIpc) is 3.50. The molecule has 2 aromatic heterocycles. The van der Waals surface area contributed by atoms with Gasteiger partial charge in [-0.25, -0.2) is 0 Å². The molecule has 0 spiro atoms. The Labute approximate surface area is 216 Å². The number of benzene rings is 3. The number of carbonyl (C=O) groups excluding carboxylic acids is 2. The fraction of sp³-hybridized carbons (Fsp3) is 0.212. The number of Topliss-reactive ketones (excluding diaryl/α,β-unsaturated/α-hetero) is 2. The van der Waals surface area contributed by atoms with E-state index in [0.29, 0.717) is 23.0 Å². The molecule has 0 saturated carbocycles. The van der Waals surface area contributed by atoms with E-state index in [-0.39, 0.29) is 17.1 Å². The average molecular weight is 488 g/mol. The van der Waals surface area contributed by atoms with Gasteiger partial charge in [-0.15, -0.1) is 0 Å². The van der Waals surface area contributed by atoms with E-state index in [1.807, 2.05) is 54.1 Å². The third-order valence-electron chi connectivity index (χ3n) is 7.54. The Bertz CT molecular complexity index is 1690. The summed E-state index contributed by atoms with van der Waals surface area (Å²) < 4.78 is 8.40. The molecule has 0 atom stereocenters. The Morgan fingerprint density at radius 1 is 0.757 bits per heavy atom. The number of nitrogens with zero attached hydrogens (tertiary/aromatic N) is 1. The number of aryl methyl sites for hydroxylation is 1.